The van der Waals surface area contributed by atoms with E-state index in [1.54, 1.807) is 11.9 Å². The summed E-state index contributed by atoms with van der Waals surface area (Å²) in [6, 6.07) is 0. The molecule has 0 aromatic heterocycles. The third-order valence-electron chi connectivity index (χ3n) is 5.51. The van der Waals surface area contributed by atoms with Crippen LogP contribution in [-0.2, 0) is 9.59 Å². The molecule has 1 N–H and O–H groups in total. The maximum Gasteiger partial charge on any atom is 0.225 e. The van der Waals surface area contributed by atoms with E-state index in [1.807, 2.05) is 14.0 Å². The van der Waals surface area contributed by atoms with Crippen molar-refractivity contribution in [2.45, 2.75) is 51.9 Å². The molecular weight excluding hydrogens is 264 g/mol. The van der Waals surface area contributed by atoms with Gasteiger partial charge in [0, 0.05) is 26.6 Å². The van der Waals surface area contributed by atoms with Crippen LogP contribution >= 0.6 is 0 Å². The van der Waals surface area contributed by atoms with E-state index < -0.39 is 0 Å². The van der Waals surface area contributed by atoms with Gasteiger partial charge in [-0.05, 0) is 31.1 Å². The van der Waals surface area contributed by atoms with Crippen molar-refractivity contribution in [3.8, 4) is 0 Å². The number of hydrogen-bond acceptors (Lipinski definition) is 2. The summed E-state index contributed by atoms with van der Waals surface area (Å²) in [5, 5.41) is 2.65. The van der Waals surface area contributed by atoms with Gasteiger partial charge in [-0.15, -0.1) is 0 Å². The predicted octanol–water partition coefficient (Wildman–Crippen LogP) is 2.43. The van der Waals surface area contributed by atoms with E-state index in [1.165, 1.54) is 32.1 Å². The summed E-state index contributed by atoms with van der Waals surface area (Å²) in [5.41, 5.74) is 0. The first-order chi connectivity index (χ1) is 10.0. The lowest BCUT2D eigenvalue weighted by Gasteiger charge is -2.39. The molecule has 4 nitrogen and oxygen atoms in total. The van der Waals surface area contributed by atoms with Crippen LogP contribution in [-0.4, -0.2) is 37.4 Å². The van der Waals surface area contributed by atoms with Crippen LogP contribution in [0, 0.1) is 23.7 Å². The van der Waals surface area contributed by atoms with Crippen molar-refractivity contribution < 1.29 is 9.59 Å². The van der Waals surface area contributed by atoms with Crippen molar-refractivity contribution in [3.63, 3.8) is 0 Å². The molecule has 0 aromatic rings. The summed E-state index contributed by atoms with van der Waals surface area (Å²) in [6.45, 7) is 2.39. The largest absolute Gasteiger partial charge is 0.359 e. The maximum atomic E-state index is 12.6. The molecule has 2 aliphatic rings. The fourth-order valence-corrected chi connectivity index (χ4v) is 4.24. The van der Waals surface area contributed by atoms with Crippen LogP contribution < -0.4 is 5.32 Å². The molecule has 2 aliphatic carbocycles. The minimum absolute atomic E-state index is 0.00522. The third-order valence-corrected chi connectivity index (χ3v) is 5.51. The van der Waals surface area contributed by atoms with E-state index in [0.29, 0.717) is 6.54 Å². The van der Waals surface area contributed by atoms with Gasteiger partial charge in [-0.3, -0.25) is 9.59 Å². The van der Waals surface area contributed by atoms with Crippen LogP contribution in [0.2, 0.25) is 0 Å². The lowest BCUT2D eigenvalue weighted by molar-refractivity contribution is -0.138. The van der Waals surface area contributed by atoms with E-state index in [-0.39, 0.29) is 23.7 Å². The Bertz CT molecular complexity index is 383. The van der Waals surface area contributed by atoms with E-state index >= 15 is 0 Å². The normalized spacial score (nSPS) is 30.1. The van der Waals surface area contributed by atoms with Gasteiger partial charge in [-0.1, -0.05) is 32.6 Å². The van der Waals surface area contributed by atoms with Crippen molar-refractivity contribution in [3.05, 3.63) is 0 Å². The van der Waals surface area contributed by atoms with Gasteiger partial charge < -0.3 is 10.2 Å². The molecule has 2 amide bonds. The zero-order valence-electron chi connectivity index (χ0n) is 13.7. The number of fused-ring (bicyclic) bond motifs is 1. The number of carbonyl (C=O) groups is 2. The summed E-state index contributed by atoms with van der Waals surface area (Å²) in [7, 11) is 3.49. The lowest BCUT2D eigenvalue weighted by Crippen LogP contribution is -2.42. The Balaban J connectivity index is 1.86. The second kappa shape index (κ2) is 7.28. The zero-order chi connectivity index (χ0) is 15.4. The van der Waals surface area contributed by atoms with E-state index in [2.05, 4.69) is 5.32 Å². The molecule has 0 unspecified atom stereocenters. The van der Waals surface area contributed by atoms with Crippen LogP contribution in [0.4, 0.5) is 0 Å². The molecule has 21 heavy (non-hydrogen) atoms. The van der Waals surface area contributed by atoms with Crippen LogP contribution in [0.15, 0.2) is 0 Å². The fourth-order valence-electron chi connectivity index (χ4n) is 4.24. The van der Waals surface area contributed by atoms with Crippen molar-refractivity contribution >= 4 is 11.8 Å². The highest BCUT2D eigenvalue weighted by molar-refractivity contribution is 5.81. The van der Waals surface area contributed by atoms with Gasteiger partial charge in [0.1, 0.15) is 0 Å². The molecule has 0 spiro atoms. The fraction of sp³-hybridized carbons (Fsp3) is 0.882. The molecule has 0 radical (unpaired) electrons. The summed E-state index contributed by atoms with van der Waals surface area (Å²) < 4.78 is 0. The van der Waals surface area contributed by atoms with E-state index in [4.69, 9.17) is 0 Å². The van der Waals surface area contributed by atoms with Crippen molar-refractivity contribution in [2.75, 3.05) is 20.6 Å². The van der Waals surface area contributed by atoms with Crippen LogP contribution in [0.3, 0.4) is 0 Å². The molecular formula is C17H30N2O2. The molecule has 2 fully saturated rings. The molecule has 0 saturated heterocycles. The predicted molar refractivity (Wildman–Crippen MR) is 83.7 cm³/mol. The van der Waals surface area contributed by atoms with Crippen molar-refractivity contribution in [1.82, 2.24) is 10.2 Å². The lowest BCUT2D eigenvalue weighted by atomic mass is 9.67. The zero-order valence-corrected chi connectivity index (χ0v) is 13.7. The minimum atomic E-state index is -0.144. The quantitative estimate of drug-likeness (QED) is 0.865. The Morgan fingerprint density at radius 1 is 1.14 bits per heavy atom. The number of nitrogens with zero attached hydrogens (tertiary/aromatic N) is 1. The average molecular weight is 294 g/mol. The number of amides is 2. The first-order valence-corrected chi connectivity index (χ1v) is 8.49. The average Bonchev–Trinajstić information content (AvgIpc) is 2.52. The Morgan fingerprint density at radius 2 is 1.81 bits per heavy atom. The Labute approximate surface area is 128 Å². The molecule has 0 aromatic carbocycles. The summed E-state index contributed by atoms with van der Waals surface area (Å²) in [6.07, 6.45) is 8.73. The minimum Gasteiger partial charge on any atom is -0.359 e. The molecule has 2 saturated carbocycles. The van der Waals surface area contributed by atoms with Gasteiger partial charge in [0.05, 0.1) is 5.92 Å². The standard InChI is InChI=1S/C17H30N2O2/c1-12(16(20)18-2)11-19(3)17(21)15-9-8-13-6-4-5-7-14(13)10-15/h12-15H,4-11H2,1-3H3,(H,18,20)/t12-,13-,14+,15-/m1/s1. The summed E-state index contributed by atoms with van der Waals surface area (Å²) >= 11 is 0. The smallest absolute Gasteiger partial charge is 0.225 e. The number of nitrogens with one attached hydrogen (secondary N) is 1. The van der Waals surface area contributed by atoms with Crippen molar-refractivity contribution in [2.24, 2.45) is 23.7 Å². The molecule has 120 valence electrons. The summed E-state index contributed by atoms with van der Waals surface area (Å²) in [4.78, 5) is 26.0. The van der Waals surface area contributed by atoms with E-state index in [9.17, 15) is 9.59 Å². The highest BCUT2D eigenvalue weighted by atomic mass is 16.2. The molecule has 0 aliphatic heterocycles. The van der Waals surface area contributed by atoms with Gasteiger partial charge in [0.15, 0.2) is 0 Å². The second-order valence-electron chi connectivity index (χ2n) is 7.05. The molecule has 2 rings (SSSR count). The SMILES string of the molecule is CNC(=O)[C@H](C)CN(C)C(=O)[C@@H]1CC[C@H]2CCCC[C@H]2C1. The van der Waals surface area contributed by atoms with Crippen LogP contribution in [0.5, 0.6) is 0 Å². The third kappa shape index (κ3) is 3.98. The van der Waals surface area contributed by atoms with Gasteiger partial charge >= 0.3 is 0 Å². The Kier molecular flexibility index (Phi) is 5.65. The molecule has 4 atom stereocenters. The Hall–Kier alpha value is -1.06. The monoisotopic (exact) mass is 294 g/mol. The van der Waals surface area contributed by atoms with Crippen LogP contribution in [0.1, 0.15) is 51.9 Å². The first-order valence-electron chi connectivity index (χ1n) is 8.49. The van der Waals surface area contributed by atoms with Crippen molar-refractivity contribution in [1.29, 1.82) is 0 Å². The molecule has 4 heteroatoms. The highest BCUT2D eigenvalue weighted by Gasteiger charge is 2.36. The highest BCUT2D eigenvalue weighted by Crippen LogP contribution is 2.43. The molecule has 0 bridgehead atoms. The van der Waals surface area contributed by atoms with E-state index in [0.717, 1.165) is 24.7 Å². The topological polar surface area (TPSA) is 49.4 Å². The van der Waals surface area contributed by atoms with Gasteiger partial charge in [0.2, 0.25) is 11.8 Å². The number of rotatable bonds is 4. The van der Waals surface area contributed by atoms with Gasteiger partial charge in [-0.25, -0.2) is 0 Å². The number of carbonyl (C=O) groups excluding carboxylic acids is 2. The number of hydrogen-bond donors (Lipinski definition) is 1. The Morgan fingerprint density at radius 3 is 2.48 bits per heavy atom. The van der Waals surface area contributed by atoms with Crippen LogP contribution in [0.25, 0.3) is 0 Å². The van der Waals surface area contributed by atoms with Gasteiger partial charge in [0.25, 0.3) is 0 Å². The maximum absolute atomic E-state index is 12.6. The first kappa shape index (κ1) is 16.3. The molecule has 0 heterocycles. The van der Waals surface area contributed by atoms with Gasteiger partial charge in [-0.2, -0.15) is 0 Å². The summed E-state index contributed by atoms with van der Waals surface area (Å²) in [5.74, 6) is 1.94. The second-order valence-corrected chi connectivity index (χ2v) is 7.05.